The number of nitrogens with zero attached hydrogens (tertiary/aromatic N) is 1. The predicted molar refractivity (Wildman–Crippen MR) is 80.5 cm³/mol. The molecule has 0 aromatic heterocycles. The molecule has 2 aliphatic rings. The van der Waals surface area contributed by atoms with Crippen molar-refractivity contribution in [2.24, 2.45) is 0 Å². The first-order chi connectivity index (χ1) is 8.83. The lowest BCUT2D eigenvalue weighted by molar-refractivity contribution is -0.189. The fraction of sp³-hybridized carbons (Fsp3) is 1.00. The van der Waals surface area contributed by atoms with Crippen molar-refractivity contribution in [3.63, 3.8) is 0 Å². The molecule has 3 heteroatoms. The summed E-state index contributed by atoms with van der Waals surface area (Å²) in [6.07, 6.45) is 6.79. The first-order valence-electron chi connectivity index (χ1n) is 7.94. The van der Waals surface area contributed by atoms with Gasteiger partial charge < -0.3 is 10.1 Å². The molecule has 0 aromatic rings. The molecule has 112 valence electrons. The van der Waals surface area contributed by atoms with E-state index in [0.717, 1.165) is 13.1 Å². The Hall–Kier alpha value is -0.120. The zero-order valence-corrected chi connectivity index (χ0v) is 13.5. The van der Waals surface area contributed by atoms with Crippen LogP contribution < -0.4 is 5.32 Å². The van der Waals surface area contributed by atoms with E-state index >= 15 is 0 Å². The smallest absolute Gasteiger partial charge is 0.0760 e. The van der Waals surface area contributed by atoms with Crippen molar-refractivity contribution in [2.75, 3.05) is 20.1 Å². The summed E-state index contributed by atoms with van der Waals surface area (Å²) in [5.41, 5.74) is -0.0707. The van der Waals surface area contributed by atoms with Crippen molar-refractivity contribution < 1.29 is 4.74 Å². The van der Waals surface area contributed by atoms with Crippen LogP contribution in [0.2, 0.25) is 0 Å². The number of hydrogen-bond donors (Lipinski definition) is 1. The van der Waals surface area contributed by atoms with Crippen molar-refractivity contribution in [2.45, 2.75) is 83.1 Å². The highest BCUT2D eigenvalue weighted by Gasteiger charge is 2.42. The van der Waals surface area contributed by atoms with Gasteiger partial charge in [-0.3, -0.25) is 4.90 Å². The SMILES string of the molecule is CNC1CCCCCC1N1CC(C)(C)OC(C)(C)C1. The Balaban J connectivity index is 2.13. The lowest BCUT2D eigenvalue weighted by Crippen LogP contribution is -2.62. The molecule has 1 saturated heterocycles. The van der Waals surface area contributed by atoms with Crippen LogP contribution in [0.3, 0.4) is 0 Å². The number of nitrogens with one attached hydrogen (secondary N) is 1. The third kappa shape index (κ3) is 3.93. The zero-order valence-electron chi connectivity index (χ0n) is 13.5. The summed E-state index contributed by atoms with van der Waals surface area (Å²) in [7, 11) is 2.12. The summed E-state index contributed by atoms with van der Waals surface area (Å²) < 4.78 is 6.22. The first kappa shape index (κ1) is 15.3. The highest BCUT2D eigenvalue weighted by molar-refractivity contribution is 4.95. The molecule has 0 bridgehead atoms. The monoisotopic (exact) mass is 268 g/mol. The molecule has 1 aliphatic heterocycles. The molecular weight excluding hydrogens is 236 g/mol. The molecule has 19 heavy (non-hydrogen) atoms. The largest absolute Gasteiger partial charge is 0.367 e. The standard InChI is InChI=1S/C16H32N2O/c1-15(2)11-18(12-16(3,4)19-15)14-10-8-6-7-9-13(14)17-5/h13-14,17H,6-12H2,1-5H3. The molecule has 1 N–H and O–H groups in total. The van der Waals surface area contributed by atoms with Gasteiger partial charge in [-0.2, -0.15) is 0 Å². The minimum Gasteiger partial charge on any atom is -0.367 e. The summed E-state index contributed by atoms with van der Waals surface area (Å²) in [5, 5.41) is 3.56. The molecule has 2 rings (SSSR count). The summed E-state index contributed by atoms with van der Waals surface area (Å²) in [5.74, 6) is 0. The molecule has 0 radical (unpaired) electrons. The Morgan fingerprint density at radius 3 is 2.11 bits per heavy atom. The Bertz CT molecular complexity index is 285. The van der Waals surface area contributed by atoms with Gasteiger partial charge in [0.25, 0.3) is 0 Å². The van der Waals surface area contributed by atoms with Gasteiger partial charge in [0.1, 0.15) is 0 Å². The fourth-order valence-corrected chi connectivity index (χ4v) is 4.14. The maximum absolute atomic E-state index is 6.22. The van der Waals surface area contributed by atoms with Crippen molar-refractivity contribution in [3.05, 3.63) is 0 Å². The van der Waals surface area contributed by atoms with Crippen LogP contribution in [0.25, 0.3) is 0 Å². The summed E-state index contributed by atoms with van der Waals surface area (Å²) in [4.78, 5) is 2.69. The second-order valence-electron chi connectivity index (χ2n) is 7.63. The fourth-order valence-electron chi connectivity index (χ4n) is 4.14. The van der Waals surface area contributed by atoms with E-state index in [1.54, 1.807) is 0 Å². The number of likely N-dealkylation sites (N-methyl/N-ethyl adjacent to an activating group) is 1. The van der Waals surface area contributed by atoms with E-state index in [4.69, 9.17) is 4.74 Å². The number of ether oxygens (including phenoxy) is 1. The van der Waals surface area contributed by atoms with Gasteiger partial charge in [0.2, 0.25) is 0 Å². The van der Waals surface area contributed by atoms with Crippen LogP contribution >= 0.6 is 0 Å². The van der Waals surface area contributed by atoms with Crippen LogP contribution in [-0.2, 0) is 4.74 Å². The Labute approximate surface area is 119 Å². The van der Waals surface area contributed by atoms with Gasteiger partial charge in [0, 0.05) is 25.2 Å². The van der Waals surface area contributed by atoms with Crippen LogP contribution in [0.1, 0.15) is 59.8 Å². The van der Waals surface area contributed by atoms with E-state index in [9.17, 15) is 0 Å². The van der Waals surface area contributed by atoms with Crippen LogP contribution in [0.4, 0.5) is 0 Å². The van der Waals surface area contributed by atoms with Gasteiger partial charge >= 0.3 is 0 Å². The van der Waals surface area contributed by atoms with Gasteiger partial charge in [-0.05, 0) is 47.6 Å². The average Bonchev–Trinajstić information content (AvgIpc) is 2.49. The average molecular weight is 268 g/mol. The lowest BCUT2D eigenvalue weighted by Gasteiger charge is -2.51. The minimum atomic E-state index is -0.0354. The topological polar surface area (TPSA) is 24.5 Å². The Morgan fingerprint density at radius 2 is 1.53 bits per heavy atom. The van der Waals surface area contributed by atoms with Crippen molar-refractivity contribution in [1.29, 1.82) is 0 Å². The third-order valence-corrected chi connectivity index (χ3v) is 4.54. The normalized spacial score (nSPS) is 35.8. The van der Waals surface area contributed by atoms with Gasteiger partial charge in [0.15, 0.2) is 0 Å². The lowest BCUT2D eigenvalue weighted by atomic mass is 9.93. The van der Waals surface area contributed by atoms with Gasteiger partial charge in [0.05, 0.1) is 11.2 Å². The second kappa shape index (κ2) is 5.71. The maximum atomic E-state index is 6.22. The molecule has 3 nitrogen and oxygen atoms in total. The number of rotatable bonds is 2. The van der Waals surface area contributed by atoms with E-state index in [1.165, 1.54) is 32.1 Å². The molecule has 0 spiro atoms. The maximum Gasteiger partial charge on any atom is 0.0760 e. The van der Waals surface area contributed by atoms with E-state index in [1.807, 2.05) is 0 Å². The summed E-state index contributed by atoms with van der Waals surface area (Å²) in [6.45, 7) is 11.0. The summed E-state index contributed by atoms with van der Waals surface area (Å²) in [6, 6.07) is 1.32. The number of morpholine rings is 1. The van der Waals surface area contributed by atoms with Crippen LogP contribution in [0.5, 0.6) is 0 Å². The molecule has 1 heterocycles. The van der Waals surface area contributed by atoms with Gasteiger partial charge in [-0.15, -0.1) is 0 Å². The zero-order chi connectivity index (χ0) is 14.1. The van der Waals surface area contributed by atoms with Crippen LogP contribution in [-0.4, -0.2) is 48.3 Å². The molecular formula is C16H32N2O. The second-order valence-corrected chi connectivity index (χ2v) is 7.63. The van der Waals surface area contributed by atoms with Gasteiger partial charge in [-0.25, -0.2) is 0 Å². The molecule has 1 saturated carbocycles. The Kier molecular flexibility index (Phi) is 4.59. The molecule has 0 amide bonds. The molecule has 2 atom stereocenters. The number of hydrogen-bond acceptors (Lipinski definition) is 3. The van der Waals surface area contributed by atoms with E-state index in [0.29, 0.717) is 12.1 Å². The van der Waals surface area contributed by atoms with Crippen LogP contribution in [0, 0.1) is 0 Å². The van der Waals surface area contributed by atoms with E-state index in [2.05, 4.69) is 45.0 Å². The summed E-state index contributed by atoms with van der Waals surface area (Å²) >= 11 is 0. The molecule has 2 unspecified atom stereocenters. The molecule has 2 fully saturated rings. The first-order valence-corrected chi connectivity index (χ1v) is 7.94. The Morgan fingerprint density at radius 1 is 0.947 bits per heavy atom. The van der Waals surface area contributed by atoms with Crippen molar-refractivity contribution in [1.82, 2.24) is 10.2 Å². The molecule has 0 aromatic carbocycles. The van der Waals surface area contributed by atoms with Crippen LogP contribution in [0.15, 0.2) is 0 Å². The van der Waals surface area contributed by atoms with Crippen molar-refractivity contribution >= 4 is 0 Å². The quantitative estimate of drug-likeness (QED) is 0.779. The minimum absolute atomic E-state index is 0.0354. The highest BCUT2D eigenvalue weighted by atomic mass is 16.5. The van der Waals surface area contributed by atoms with Gasteiger partial charge in [-0.1, -0.05) is 19.3 Å². The highest BCUT2D eigenvalue weighted by Crippen LogP contribution is 2.32. The van der Waals surface area contributed by atoms with E-state index in [-0.39, 0.29) is 11.2 Å². The third-order valence-electron chi connectivity index (χ3n) is 4.54. The van der Waals surface area contributed by atoms with Crippen molar-refractivity contribution in [3.8, 4) is 0 Å². The predicted octanol–water partition coefficient (Wildman–Crippen LogP) is 2.80. The molecule has 1 aliphatic carbocycles. The van der Waals surface area contributed by atoms with E-state index < -0.39 is 0 Å².